The maximum Gasteiger partial charge on any atom is 0.331 e. The molecule has 0 spiro atoms. The topological polar surface area (TPSA) is 94.1 Å². The molecule has 1 aromatic carbocycles. The van der Waals surface area contributed by atoms with Crippen LogP contribution in [0.5, 0.6) is 11.5 Å². The average Bonchev–Trinajstić information content (AvgIpc) is 2.46. The molecule has 0 aliphatic carbocycles. The standard InChI is InChI=1S/C14H18BrNO6/c1-14(7-20-2,13(18)19)16-12(17)8-5-9(15)11(22-4)10(6-8)21-3/h5-6H,7H2,1-4H3,(H,16,17)(H,18,19). The van der Waals surface area contributed by atoms with Gasteiger partial charge in [0.1, 0.15) is 0 Å². The summed E-state index contributed by atoms with van der Waals surface area (Å²) in [7, 11) is 4.28. The van der Waals surface area contributed by atoms with Gasteiger partial charge in [-0.2, -0.15) is 0 Å². The molecule has 1 atom stereocenters. The minimum atomic E-state index is -1.54. The van der Waals surface area contributed by atoms with Gasteiger partial charge in [-0.05, 0) is 35.0 Å². The fourth-order valence-corrected chi connectivity index (χ4v) is 2.42. The number of carboxylic acid groups (broad SMARTS) is 1. The van der Waals surface area contributed by atoms with Gasteiger partial charge in [-0.3, -0.25) is 4.79 Å². The van der Waals surface area contributed by atoms with E-state index >= 15 is 0 Å². The summed E-state index contributed by atoms with van der Waals surface area (Å²) in [6, 6.07) is 2.99. The molecule has 0 aromatic heterocycles. The summed E-state index contributed by atoms with van der Waals surface area (Å²) >= 11 is 3.28. The Hall–Kier alpha value is -1.80. The second-order valence-corrected chi connectivity index (χ2v) is 5.57. The minimum absolute atomic E-state index is 0.164. The lowest BCUT2D eigenvalue weighted by atomic mass is 10.0. The molecule has 7 nitrogen and oxygen atoms in total. The van der Waals surface area contributed by atoms with Gasteiger partial charge in [0.15, 0.2) is 17.0 Å². The summed E-state index contributed by atoms with van der Waals surface area (Å²) in [5.41, 5.74) is -1.31. The highest BCUT2D eigenvalue weighted by atomic mass is 79.9. The number of amides is 1. The van der Waals surface area contributed by atoms with Crippen LogP contribution in [0.3, 0.4) is 0 Å². The van der Waals surface area contributed by atoms with Crippen molar-refractivity contribution in [1.29, 1.82) is 0 Å². The first-order valence-electron chi connectivity index (χ1n) is 6.25. The zero-order valence-corrected chi connectivity index (χ0v) is 14.3. The first-order chi connectivity index (χ1) is 10.3. The number of benzene rings is 1. The molecule has 1 unspecified atom stereocenters. The Morgan fingerprint density at radius 3 is 2.36 bits per heavy atom. The summed E-state index contributed by atoms with van der Waals surface area (Å²) in [5.74, 6) is -0.964. The largest absolute Gasteiger partial charge is 0.493 e. The second kappa shape index (κ2) is 7.46. The molecule has 1 aromatic rings. The van der Waals surface area contributed by atoms with Gasteiger partial charge in [0.25, 0.3) is 5.91 Å². The number of hydrogen-bond acceptors (Lipinski definition) is 5. The van der Waals surface area contributed by atoms with Gasteiger partial charge in [-0.25, -0.2) is 4.79 Å². The normalized spacial score (nSPS) is 13.1. The number of ether oxygens (including phenoxy) is 3. The van der Waals surface area contributed by atoms with Crippen molar-refractivity contribution < 1.29 is 28.9 Å². The van der Waals surface area contributed by atoms with Crippen molar-refractivity contribution in [3.63, 3.8) is 0 Å². The van der Waals surface area contributed by atoms with Crippen molar-refractivity contribution in [3.8, 4) is 11.5 Å². The van der Waals surface area contributed by atoms with Gasteiger partial charge in [0.05, 0.1) is 25.3 Å². The number of halogens is 1. The number of methoxy groups -OCH3 is 3. The van der Waals surface area contributed by atoms with E-state index < -0.39 is 17.4 Å². The van der Waals surface area contributed by atoms with E-state index in [-0.39, 0.29) is 12.2 Å². The van der Waals surface area contributed by atoms with Gasteiger partial charge >= 0.3 is 5.97 Å². The van der Waals surface area contributed by atoms with Gasteiger partial charge in [-0.15, -0.1) is 0 Å². The summed E-state index contributed by atoms with van der Waals surface area (Å²) in [6.07, 6.45) is 0. The summed E-state index contributed by atoms with van der Waals surface area (Å²) in [6.45, 7) is 1.20. The van der Waals surface area contributed by atoms with Crippen LogP contribution in [0.4, 0.5) is 0 Å². The van der Waals surface area contributed by atoms with Crippen LogP contribution in [-0.2, 0) is 9.53 Å². The third-order valence-electron chi connectivity index (χ3n) is 2.99. The van der Waals surface area contributed by atoms with E-state index in [1.165, 1.54) is 40.4 Å². The lowest BCUT2D eigenvalue weighted by Crippen LogP contribution is -2.55. The van der Waals surface area contributed by atoms with Crippen molar-refractivity contribution in [1.82, 2.24) is 5.32 Å². The van der Waals surface area contributed by atoms with Crippen molar-refractivity contribution in [2.24, 2.45) is 0 Å². The number of carboxylic acids is 1. The highest BCUT2D eigenvalue weighted by Gasteiger charge is 2.35. The smallest absolute Gasteiger partial charge is 0.331 e. The maximum atomic E-state index is 12.3. The van der Waals surface area contributed by atoms with Gasteiger partial charge < -0.3 is 24.6 Å². The first kappa shape index (κ1) is 18.2. The molecular weight excluding hydrogens is 358 g/mol. The van der Waals surface area contributed by atoms with Crippen LogP contribution in [0.1, 0.15) is 17.3 Å². The van der Waals surface area contributed by atoms with Crippen LogP contribution >= 0.6 is 15.9 Å². The molecule has 8 heteroatoms. The van der Waals surface area contributed by atoms with Crippen molar-refractivity contribution in [2.75, 3.05) is 27.9 Å². The minimum Gasteiger partial charge on any atom is -0.493 e. The Kier molecular flexibility index (Phi) is 6.19. The lowest BCUT2D eigenvalue weighted by Gasteiger charge is -2.25. The average molecular weight is 376 g/mol. The molecule has 0 aliphatic heterocycles. The zero-order valence-electron chi connectivity index (χ0n) is 12.7. The number of hydrogen-bond donors (Lipinski definition) is 2. The van der Waals surface area contributed by atoms with E-state index in [1.54, 1.807) is 0 Å². The molecule has 1 amide bonds. The molecule has 2 N–H and O–H groups in total. The predicted octanol–water partition coefficient (Wildman–Crippen LogP) is 1.69. The number of aliphatic carboxylic acids is 1. The van der Waals surface area contributed by atoms with Crippen LogP contribution in [0.15, 0.2) is 16.6 Å². The van der Waals surface area contributed by atoms with Crippen molar-refractivity contribution in [2.45, 2.75) is 12.5 Å². The molecular formula is C14H18BrNO6. The highest BCUT2D eigenvalue weighted by molar-refractivity contribution is 9.10. The van der Waals surface area contributed by atoms with E-state index in [9.17, 15) is 14.7 Å². The summed E-state index contributed by atoms with van der Waals surface area (Å²) in [4.78, 5) is 23.6. The third-order valence-corrected chi connectivity index (χ3v) is 3.58. The lowest BCUT2D eigenvalue weighted by molar-refractivity contribution is -0.145. The zero-order chi connectivity index (χ0) is 16.9. The third kappa shape index (κ3) is 3.89. The van der Waals surface area contributed by atoms with Crippen LogP contribution in [0, 0.1) is 0 Å². The summed E-state index contributed by atoms with van der Waals surface area (Å²) in [5, 5.41) is 11.7. The highest BCUT2D eigenvalue weighted by Crippen LogP contribution is 2.36. The number of rotatable bonds is 7. The van der Waals surface area contributed by atoms with E-state index in [0.29, 0.717) is 16.0 Å². The fraction of sp³-hybridized carbons (Fsp3) is 0.429. The van der Waals surface area contributed by atoms with Crippen LogP contribution in [0.25, 0.3) is 0 Å². The van der Waals surface area contributed by atoms with Gasteiger partial charge in [0, 0.05) is 12.7 Å². The van der Waals surface area contributed by atoms with Crippen LogP contribution in [0.2, 0.25) is 0 Å². The summed E-state index contributed by atoms with van der Waals surface area (Å²) < 4.78 is 15.7. The molecule has 0 aliphatic rings. The van der Waals surface area contributed by atoms with Gasteiger partial charge in [-0.1, -0.05) is 0 Å². The predicted molar refractivity (Wildman–Crippen MR) is 82.6 cm³/mol. The Balaban J connectivity index is 3.13. The number of carbonyl (C=O) groups is 2. The number of nitrogens with one attached hydrogen (secondary N) is 1. The SMILES string of the molecule is COCC(C)(NC(=O)c1cc(Br)c(OC)c(OC)c1)C(=O)O. The molecule has 0 bridgehead atoms. The molecule has 0 radical (unpaired) electrons. The molecule has 0 heterocycles. The molecule has 1 rings (SSSR count). The van der Waals surface area contributed by atoms with Crippen molar-refractivity contribution >= 4 is 27.8 Å². The molecule has 0 saturated carbocycles. The van der Waals surface area contributed by atoms with E-state index in [0.717, 1.165) is 0 Å². The maximum absolute atomic E-state index is 12.3. The van der Waals surface area contributed by atoms with E-state index in [2.05, 4.69) is 21.2 Å². The monoisotopic (exact) mass is 375 g/mol. The van der Waals surface area contributed by atoms with E-state index in [4.69, 9.17) is 14.2 Å². The molecule has 0 fully saturated rings. The van der Waals surface area contributed by atoms with E-state index in [1.807, 2.05) is 0 Å². The molecule has 22 heavy (non-hydrogen) atoms. The Labute approximate surface area is 136 Å². The second-order valence-electron chi connectivity index (χ2n) is 4.72. The van der Waals surface area contributed by atoms with Gasteiger partial charge in [0.2, 0.25) is 0 Å². The Morgan fingerprint density at radius 1 is 1.27 bits per heavy atom. The fourth-order valence-electron chi connectivity index (χ4n) is 1.81. The molecule has 122 valence electrons. The van der Waals surface area contributed by atoms with Crippen LogP contribution in [-0.4, -0.2) is 50.5 Å². The van der Waals surface area contributed by atoms with Crippen LogP contribution < -0.4 is 14.8 Å². The number of carbonyl (C=O) groups excluding carboxylic acids is 1. The first-order valence-corrected chi connectivity index (χ1v) is 7.04. The van der Waals surface area contributed by atoms with Crippen molar-refractivity contribution in [3.05, 3.63) is 22.2 Å². The Bertz CT molecular complexity index is 577. The molecule has 0 saturated heterocycles. The Morgan fingerprint density at radius 2 is 1.91 bits per heavy atom. The quantitative estimate of drug-likeness (QED) is 0.752.